The fourth-order valence-electron chi connectivity index (χ4n) is 12.9. The second-order valence-electron chi connectivity index (χ2n) is 29.5. The summed E-state index contributed by atoms with van der Waals surface area (Å²) in [6, 6.07) is 44.4. The minimum Gasteiger partial charge on any atom is -0.497 e. The molecule has 25 nitrogen and oxygen atoms in total. The number of aromatic nitrogens is 1. The number of Topliss-reactive ketones (excluding diaryl/α,β-unsaturated/α-hetero) is 2. The first-order chi connectivity index (χ1) is 61.5. The fraction of sp³-hybridized carbons (Fsp3) is 0.410. The lowest BCUT2D eigenvalue weighted by Crippen LogP contribution is -2.28. The Hall–Kier alpha value is -12.2. The van der Waals surface area contributed by atoms with Crippen LogP contribution in [0.1, 0.15) is 181 Å². The number of thiophene rings is 1. The van der Waals surface area contributed by atoms with E-state index in [4.69, 9.17) is 71.3 Å². The second kappa shape index (κ2) is 59.6. The van der Waals surface area contributed by atoms with Crippen molar-refractivity contribution >= 4 is 92.2 Å². The number of nitrogens with zero attached hydrogens (tertiary/aromatic N) is 1. The van der Waals surface area contributed by atoms with Crippen LogP contribution in [0.5, 0.6) is 46.0 Å². The van der Waals surface area contributed by atoms with Crippen LogP contribution in [0.4, 0.5) is 0 Å². The molecule has 2 heterocycles. The standard InChI is InChI=1S/C38H41NO6S2.C17H22O5.C16H22O4.C15H18O5.C14H18O4/c1-4-5-30-18-21-33(46-30)26-10-12-27(13-11-26)36-39-34-31(44-37(42)28-14-6-24(7-15-28)22(2)40)19-20-32(35(34)47-36)45-38(43)29-16-8-25(9-17-29)23(3)41;1-3-16(18)21-12-6-4-5-7-13-22-17(19)14-8-10-15(20-2)11-9-14;1-3-16(17)20-13-7-5-4-6-12-19-15-10-8-14(18-2)9-11-15;1-3-14(16)19-10-4-5-11-20-15(17)12-6-8-13(18-2)9-7-12;1-3-14(15)18-11-5-4-10-17-13-8-6-12(16-2)7-9-13/h10-13,18-21,24-25,28-29H,4-9,14-17H2,1-3H3;3,8-11H,1,4-7,12-13H2,2H3;3,8-11H,1,4-7,12-13H2,2H3;3,6-9H,1,4-5,10-11H2,2H3;3,6-9H,1,4-5,10-11H2,2H3. The topological polar surface area (TPSA) is 313 Å². The third-order valence-electron chi connectivity index (χ3n) is 20.3. The van der Waals surface area contributed by atoms with E-state index in [0.29, 0.717) is 155 Å². The molecule has 8 aromatic rings. The van der Waals surface area contributed by atoms with Crippen LogP contribution in [0.15, 0.2) is 196 Å². The van der Waals surface area contributed by atoms with Crippen molar-refractivity contribution in [2.45, 2.75) is 162 Å². The summed E-state index contributed by atoms with van der Waals surface area (Å²) in [4.78, 5) is 124. The number of thiazole rings is 1. The van der Waals surface area contributed by atoms with Crippen LogP contribution in [0, 0.1) is 23.7 Å². The zero-order valence-corrected chi connectivity index (χ0v) is 75.7. The number of esters is 8. The van der Waals surface area contributed by atoms with E-state index in [2.05, 4.69) is 57.5 Å². The van der Waals surface area contributed by atoms with Gasteiger partial charge in [-0.1, -0.05) is 63.9 Å². The summed E-state index contributed by atoms with van der Waals surface area (Å²) >= 11 is 3.22. The third kappa shape index (κ3) is 39.1. The summed E-state index contributed by atoms with van der Waals surface area (Å²) in [6.45, 7) is 22.2. The summed E-state index contributed by atoms with van der Waals surface area (Å²) in [5, 5.41) is 0.731. The molecule has 0 unspecified atom stereocenters. The Balaban J connectivity index is 0.000000264. The average molecular weight is 1790 g/mol. The summed E-state index contributed by atoms with van der Waals surface area (Å²) in [5.41, 5.74) is 3.53. The van der Waals surface area contributed by atoms with Crippen LogP contribution >= 0.6 is 22.7 Å². The number of fused-ring (bicyclic) bond motifs is 1. The van der Waals surface area contributed by atoms with E-state index >= 15 is 0 Å². The van der Waals surface area contributed by atoms with Crippen molar-refractivity contribution in [1.29, 1.82) is 0 Å². The number of ether oxygens (including phenoxy) is 14. The van der Waals surface area contributed by atoms with Gasteiger partial charge >= 0.3 is 47.8 Å². The van der Waals surface area contributed by atoms with E-state index in [9.17, 15) is 47.9 Å². The van der Waals surface area contributed by atoms with Crippen LogP contribution in [0.2, 0.25) is 0 Å². The molecule has 2 fully saturated rings. The lowest BCUT2D eigenvalue weighted by atomic mass is 9.80. The number of methoxy groups -OCH3 is 4. The molecule has 127 heavy (non-hydrogen) atoms. The number of aryl methyl sites for hydroxylation is 1. The zero-order valence-electron chi connectivity index (χ0n) is 74.1. The van der Waals surface area contributed by atoms with E-state index in [1.165, 1.54) is 27.2 Å². The maximum atomic E-state index is 13.3. The molecule has 2 aromatic heterocycles. The summed E-state index contributed by atoms with van der Waals surface area (Å²) in [5.74, 6) is 2.34. The number of ketones is 2. The highest BCUT2D eigenvalue weighted by atomic mass is 32.1. The molecule has 0 radical (unpaired) electrons. The first-order valence-electron chi connectivity index (χ1n) is 43.0. The van der Waals surface area contributed by atoms with E-state index in [-0.39, 0.29) is 77.7 Å². The molecule has 27 heteroatoms. The summed E-state index contributed by atoms with van der Waals surface area (Å²) in [7, 11) is 6.40. The Kier molecular flexibility index (Phi) is 48.6. The fourth-order valence-corrected chi connectivity index (χ4v) is 15.1. The number of rotatable bonds is 46. The quantitative estimate of drug-likeness (QED) is 0.0112. The van der Waals surface area contributed by atoms with Crippen LogP contribution < -0.4 is 37.9 Å². The predicted octanol–water partition coefficient (Wildman–Crippen LogP) is 20.7. The van der Waals surface area contributed by atoms with E-state index < -0.39 is 11.9 Å². The van der Waals surface area contributed by atoms with Crippen LogP contribution in [0.3, 0.4) is 0 Å². The SMILES string of the molecule is C=CC(=O)OCCCCCCOC(=O)c1ccc(OC)cc1.C=CC(=O)OCCCCCCOc1ccc(OC)cc1.C=CC(=O)OCCCCOC(=O)c1ccc(OC)cc1.C=CC(=O)OCCCCOc1ccc(OC)cc1.CCCc1ccc(-c2ccc(-c3nc4c(OC(=O)C5CCC(C(C)=O)CC5)ccc(OC(=O)C5CCC(C(C)=O)CC5)c4s3)cc2)s1. The highest BCUT2D eigenvalue weighted by Gasteiger charge is 2.33. The van der Waals surface area contributed by atoms with Gasteiger partial charge in [-0.2, -0.15) is 0 Å². The second-order valence-corrected chi connectivity index (χ2v) is 31.7. The maximum absolute atomic E-state index is 13.3. The summed E-state index contributed by atoms with van der Waals surface area (Å²) in [6.07, 6.45) is 22.3. The van der Waals surface area contributed by atoms with Gasteiger partial charge in [0.1, 0.15) is 61.3 Å². The van der Waals surface area contributed by atoms with Gasteiger partial charge in [-0.15, -0.1) is 22.7 Å². The van der Waals surface area contributed by atoms with Gasteiger partial charge < -0.3 is 66.3 Å². The van der Waals surface area contributed by atoms with Gasteiger partial charge in [0.05, 0.1) is 104 Å². The van der Waals surface area contributed by atoms with Gasteiger partial charge in [0.2, 0.25) is 0 Å². The number of hydrogen-bond donors (Lipinski definition) is 0. The Bertz CT molecular complexity index is 4640. The molecule has 2 saturated carbocycles. The van der Waals surface area contributed by atoms with Gasteiger partial charge in [0, 0.05) is 51.5 Å². The lowest BCUT2D eigenvalue weighted by Gasteiger charge is -2.25. The minimum atomic E-state index is -0.444. The van der Waals surface area contributed by atoms with Crippen molar-refractivity contribution in [3.63, 3.8) is 0 Å². The number of unbranched alkanes of at least 4 members (excludes halogenated alkanes) is 8. The van der Waals surface area contributed by atoms with E-state index in [0.717, 1.165) is 134 Å². The third-order valence-corrected chi connectivity index (χ3v) is 22.6. The van der Waals surface area contributed by atoms with Crippen molar-refractivity contribution in [3.8, 4) is 67.0 Å². The largest absolute Gasteiger partial charge is 0.497 e. The smallest absolute Gasteiger partial charge is 0.338 e. The molecule has 0 amide bonds. The van der Waals surface area contributed by atoms with Crippen LogP contribution in [0.25, 0.3) is 31.2 Å². The van der Waals surface area contributed by atoms with E-state index in [1.54, 1.807) is 103 Å². The van der Waals surface area contributed by atoms with Gasteiger partial charge in [-0.3, -0.25) is 19.2 Å². The Labute approximate surface area is 753 Å². The Morgan fingerprint density at radius 2 is 0.669 bits per heavy atom. The molecule has 2 aliphatic carbocycles. The monoisotopic (exact) mass is 1780 g/mol. The molecule has 0 aliphatic heterocycles. The highest BCUT2D eigenvalue weighted by molar-refractivity contribution is 7.22. The van der Waals surface area contributed by atoms with Crippen molar-refractivity contribution in [2.24, 2.45) is 23.7 Å². The Morgan fingerprint density at radius 3 is 1.03 bits per heavy atom. The number of carbonyl (C=O) groups excluding carboxylic acids is 10. The molecule has 10 rings (SSSR count). The molecular formula is C100H121NO24S2. The van der Waals surface area contributed by atoms with Gasteiger partial charge in [-0.25, -0.2) is 33.8 Å². The first kappa shape index (κ1) is 104. The van der Waals surface area contributed by atoms with Crippen molar-refractivity contribution in [1.82, 2.24) is 4.98 Å². The summed E-state index contributed by atoms with van der Waals surface area (Å²) < 4.78 is 73.6. The zero-order chi connectivity index (χ0) is 91.9. The molecule has 0 N–H and O–H groups in total. The Morgan fingerprint density at radius 1 is 0.354 bits per heavy atom. The molecular weight excluding hydrogens is 1660 g/mol. The molecule has 6 aromatic carbocycles. The lowest BCUT2D eigenvalue weighted by molar-refractivity contribution is -0.141. The normalized spacial score (nSPS) is 14.0. The minimum absolute atomic E-state index is 0.0166. The first-order valence-corrected chi connectivity index (χ1v) is 44.6. The molecule has 0 bridgehead atoms. The van der Waals surface area contributed by atoms with E-state index in [1.807, 2.05) is 72.0 Å². The van der Waals surface area contributed by atoms with Gasteiger partial charge in [0.25, 0.3) is 0 Å². The molecule has 0 saturated heterocycles. The highest BCUT2D eigenvalue weighted by Crippen LogP contribution is 2.43. The van der Waals surface area contributed by atoms with Crippen molar-refractivity contribution < 1.29 is 114 Å². The van der Waals surface area contributed by atoms with Crippen molar-refractivity contribution in [3.05, 3.63) is 212 Å². The molecule has 0 atom stereocenters. The molecule has 2 aliphatic rings. The van der Waals surface area contributed by atoms with Crippen molar-refractivity contribution in [2.75, 3.05) is 81.3 Å². The molecule has 682 valence electrons. The maximum Gasteiger partial charge on any atom is 0.338 e. The number of carbonyl (C=O) groups is 10. The predicted molar refractivity (Wildman–Crippen MR) is 489 cm³/mol. The molecule has 0 spiro atoms. The average Bonchev–Trinajstić information content (AvgIpc) is 1.63. The van der Waals surface area contributed by atoms with Crippen LogP contribution in [-0.2, 0) is 73.2 Å². The van der Waals surface area contributed by atoms with Crippen LogP contribution in [-0.4, -0.2) is 146 Å². The number of hydrogen-bond acceptors (Lipinski definition) is 27. The van der Waals surface area contributed by atoms with Gasteiger partial charge in [0.15, 0.2) is 11.5 Å². The van der Waals surface area contributed by atoms with Gasteiger partial charge in [-0.05, 0) is 276 Å². The number of benzene rings is 6.